The Morgan fingerprint density at radius 2 is 1.81 bits per heavy atom. The Kier molecular flexibility index (Phi) is 3.21. The molecule has 0 N–H and O–H groups in total. The van der Waals surface area contributed by atoms with Gasteiger partial charge >= 0.3 is 0 Å². The van der Waals surface area contributed by atoms with Gasteiger partial charge in [-0.3, -0.25) is 4.99 Å². The van der Waals surface area contributed by atoms with Crippen molar-refractivity contribution in [3.8, 4) is 0 Å². The molecule has 0 aromatic rings. The van der Waals surface area contributed by atoms with E-state index in [4.69, 9.17) is 0 Å². The molecule has 2 aliphatic carbocycles. The first-order valence-electron chi connectivity index (χ1n) is 6.04. The predicted molar refractivity (Wildman–Crippen MR) is 70.7 cm³/mol. The quantitative estimate of drug-likeness (QED) is 0.400. The minimum absolute atomic E-state index is 0.417. The fourth-order valence-corrected chi connectivity index (χ4v) is 6.36. The van der Waals surface area contributed by atoms with Crippen molar-refractivity contribution in [3.05, 3.63) is 23.2 Å². The standard InChI is InChI=1S/C13H20NOP/c1-4-5-10(2)13(14-3)16(15,11-6-7-11)12-8-9-12/h4-5,11-12H,3,6-9H2,1-2H3/b5-4-,13-10+. The van der Waals surface area contributed by atoms with Crippen molar-refractivity contribution in [3.63, 3.8) is 0 Å². The number of allylic oxidation sites excluding steroid dienone is 3. The summed E-state index contributed by atoms with van der Waals surface area (Å²) in [4.78, 5) is 4.12. The number of hydrogen-bond acceptors (Lipinski definition) is 2. The van der Waals surface area contributed by atoms with Crippen LogP contribution in [-0.2, 0) is 4.57 Å². The maximum atomic E-state index is 13.2. The molecular weight excluding hydrogens is 217 g/mol. The van der Waals surface area contributed by atoms with Gasteiger partial charge in [0.1, 0.15) is 12.6 Å². The van der Waals surface area contributed by atoms with E-state index in [1.807, 2.05) is 26.0 Å². The summed E-state index contributed by atoms with van der Waals surface area (Å²) in [7, 11) is -2.24. The van der Waals surface area contributed by atoms with Gasteiger partial charge in [-0.25, -0.2) is 0 Å². The number of aliphatic imine (C=N–C) groups is 1. The first kappa shape index (κ1) is 11.9. The monoisotopic (exact) mass is 237 g/mol. The molecule has 0 aliphatic heterocycles. The number of rotatable bonds is 5. The molecule has 2 rings (SSSR count). The van der Waals surface area contributed by atoms with E-state index in [0.717, 1.165) is 36.7 Å². The van der Waals surface area contributed by atoms with Gasteiger partial charge in [0.15, 0.2) is 0 Å². The van der Waals surface area contributed by atoms with Crippen LogP contribution < -0.4 is 0 Å². The van der Waals surface area contributed by atoms with Gasteiger partial charge in [-0.1, -0.05) is 12.2 Å². The second-order valence-corrected chi connectivity index (χ2v) is 8.14. The lowest BCUT2D eigenvalue weighted by Crippen LogP contribution is -1.99. The molecule has 0 heterocycles. The lowest BCUT2D eigenvalue weighted by Gasteiger charge is -2.19. The topological polar surface area (TPSA) is 29.4 Å². The molecule has 0 radical (unpaired) electrons. The van der Waals surface area contributed by atoms with Crippen LogP contribution in [0.25, 0.3) is 0 Å². The van der Waals surface area contributed by atoms with Gasteiger partial charge in [0.05, 0.1) is 0 Å². The van der Waals surface area contributed by atoms with Crippen LogP contribution in [0, 0.1) is 0 Å². The summed E-state index contributed by atoms with van der Waals surface area (Å²) in [6.45, 7) is 7.61. The summed E-state index contributed by atoms with van der Waals surface area (Å²) in [6, 6.07) is 0. The largest absolute Gasteiger partial charge is 0.316 e. The second-order valence-electron chi connectivity index (χ2n) is 4.84. The van der Waals surface area contributed by atoms with Crippen molar-refractivity contribution < 1.29 is 4.57 Å². The van der Waals surface area contributed by atoms with Gasteiger partial charge in [-0.2, -0.15) is 0 Å². The molecule has 0 atom stereocenters. The van der Waals surface area contributed by atoms with E-state index >= 15 is 0 Å². The van der Waals surface area contributed by atoms with Gasteiger partial charge in [-0.15, -0.1) is 0 Å². The molecular formula is C13H20NOP. The SMILES string of the molecule is C=N/C(=C(C)\C=C/C)P(=O)(C1CC1)C1CC1. The fraction of sp³-hybridized carbons (Fsp3) is 0.615. The third kappa shape index (κ3) is 1.96. The first-order chi connectivity index (χ1) is 7.64. The van der Waals surface area contributed by atoms with Crippen molar-refractivity contribution in [2.45, 2.75) is 50.8 Å². The van der Waals surface area contributed by atoms with E-state index in [1.165, 1.54) is 0 Å². The zero-order valence-corrected chi connectivity index (χ0v) is 11.0. The van der Waals surface area contributed by atoms with Crippen molar-refractivity contribution in [1.82, 2.24) is 0 Å². The highest BCUT2D eigenvalue weighted by Gasteiger charge is 2.53. The van der Waals surface area contributed by atoms with Crippen molar-refractivity contribution in [2.75, 3.05) is 0 Å². The minimum Gasteiger partial charge on any atom is -0.316 e. The average Bonchev–Trinajstić information content (AvgIpc) is 3.10. The van der Waals surface area contributed by atoms with E-state index in [2.05, 4.69) is 11.7 Å². The van der Waals surface area contributed by atoms with Crippen LogP contribution in [0.3, 0.4) is 0 Å². The Bertz CT molecular complexity index is 384. The molecule has 2 fully saturated rings. The molecule has 0 saturated heterocycles. The molecule has 88 valence electrons. The van der Waals surface area contributed by atoms with E-state index in [9.17, 15) is 4.57 Å². The minimum atomic E-state index is -2.24. The predicted octanol–water partition coefficient (Wildman–Crippen LogP) is 4.18. The summed E-state index contributed by atoms with van der Waals surface area (Å²) in [6.07, 6.45) is 8.46. The average molecular weight is 237 g/mol. The van der Waals surface area contributed by atoms with E-state index in [0.29, 0.717) is 11.3 Å². The Morgan fingerprint density at radius 1 is 1.31 bits per heavy atom. The van der Waals surface area contributed by atoms with Crippen LogP contribution in [0.1, 0.15) is 39.5 Å². The molecule has 0 bridgehead atoms. The van der Waals surface area contributed by atoms with Crippen molar-refractivity contribution >= 4 is 13.9 Å². The Balaban J connectivity index is 2.41. The molecule has 0 amide bonds. The van der Waals surface area contributed by atoms with Crippen LogP contribution in [0.2, 0.25) is 0 Å². The van der Waals surface area contributed by atoms with Gasteiger partial charge < -0.3 is 4.57 Å². The van der Waals surface area contributed by atoms with Gasteiger partial charge in [-0.05, 0) is 51.8 Å². The van der Waals surface area contributed by atoms with Gasteiger partial charge in [0.25, 0.3) is 0 Å². The zero-order chi connectivity index (χ0) is 11.8. The lowest BCUT2D eigenvalue weighted by atomic mass is 10.3. The third-order valence-corrected chi connectivity index (χ3v) is 7.79. The maximum Gasteiger partial charge on any atom is 0.139 e. The molecule has 0 aromatic heterocycles. The number of hydrogen-bond donors (Lipinski definition) is 0. The van der Waals surface area contributed by atoms with Crippen molar-refractivity contribution in [1.29, 1.82) is 0 Å². The van der Waals surface area contributed by atoms with Crippen LogP contribution in [0.15, 0.2) is 28.2 Å². The second kappa shape index (κ2) is 4.33. The highest BCUT2D eigenvalue weighted by molar-refractivity contribution is 7.70. The lowest BCUT2D eigenvalue weighted by molar-refractivity contribution is 0.576. The summed E-state index contributed by atoms with van der Waals surface area (Å²) in [5, 5.41) is 0. The molecule has 16 heavy (non-hydrogen) atoms. The summed E-state index contributed by atoms with van der Waals surface area (Å²) >= 11 is 0. The highest BCUT2D eigenvalue weighted by Crippen LogP contribution is 2.75. The Labute approximate surface area is 97.9 Å². The molecule has 0 unspecified atom stereocenters. The zero-order valence-electron chi connectivity index (χ0n) is 10.1. The van der Waals surface area contributed by atoms with Crippen LogP contribution in [0.5, 0.6) is 0 Å². The normalized spacial score (nSPS) is 23.4. The van der Waals surface area contributed by atoms with Crippen LogP contribution in [-0.4, -0.2) is 18.0 Å². The summed E-state index contributed by atoms with van der Waals surface area (Å²) in [5.41, 5.74) is 2.69. The molecule has 2 nitrogen and oxygen atoms in total. The van der Waals surface area contributed by atoms with Gasteiger partial charge in [0.2, 0.25) is 0 Å². The molecule has 0 aromatic carbocycles. The van der Waals surface area contributed by atoms with Crippen molar-refractivity contribution in [2.24, 2.45) is 4.99 Å². The highest BCUT2D eigenvalue weighted by atomic mass is 31.2. The third-order valence-electron chi connectivity index (χ3n) is 3.43. The maximum absolute atomic E-state index is 13.2. The van der Waals surface area contributed by atoms with E-state index < -0.39 is 7.14 Å². The Morgan fingerprint density at radius 3 is 2.12 bits per heavy atom. The molecule has 2 saturated carbocycles. The van der Waals surface area contributed by atoms with E-state index in [1.54, 1.807) is 0 Å². The first-order valence-corrected chi connectivity index (χ1v) is 7.89. The Hall–Kier alpha value is -0.620. The smallest absolute Gasteiger partial charge is 0.139 e. The summed E-state index contributed by atoms with van der Waals surface area (Å²) < 4.78 is 13.2. The van der Waals surface area contributed by atoms with Crippen LogP contribution in [0.4, 0.5) is 0 Å². The summed E-state index contributed by atoms with van der Waals surface area (Å²) in [5.74, 6) is 0. The van der Waals surface area contributed by atoms with Gasteiger partial charge in [0, 0.05) is 11.3 Å². The molecule has 0 spiro atoms. The molecule has 3 heteroatoms. The van der Waals surface area contributed by atoms with Crippen LogP contribution >= 0.6 is 7.14 Å². The number of nitrogens with zero attached hydrogens (tertiary/aromatic N) is 1. The van der Waals surface area contributed by atoms with E-state index in [-0.39, 0.29) is 0 Å². The fourth-order valence-electron chi connectivity index (χ4n) is 2.40. The molecule has 2 aliphatic rings.